The summed E-state index contributed by atoms with van der Waals surface area (Å²) in [7, 11) is 0. The Kier molecular flexibility index (Phi) is 8.46. The number of rotatable bonds is 7. The standard InChI is InChI=1S/C24H39N5O2/c1-24(2,3)25-22(30)19-27-15-17-29(18-16-27)23(31)20-28-13-11-26(12-14-28)10-9-21-7-5-4-6-8-21/h4-8H,9-20H2,1-3H3,(H,25,30). The maximum Gasteiger partial charge on any atom is 0.236 e. The first-order chi connectivity index (χ1) is 14.8. The van der Waals surface area contributed by atoms with Gasteiger partial charge >= 0.3 is 0 Å². The van der Waals surface area contributed by atoms with E-state index in [-0.39, 0.29) is 17.4 Å². The monoisotopic (exact) mass is 429 g/mol. The predicted molar refractivity (Wildman–Crippen MR) is 124 cm³/mol. The van der Waals surface area contributed by atoms with Crippen molar-refractivity contribution in [3.8, 4) is 0 Å². The second kappa shape index (κ2) is 11.1. The van der Waals surface area contributed by atoms with Crippen LogP contribution in [0.15, 0.2) is 30.3 Å². The average molecular weight is 430 g/mol. The van der Waals surface area contributed by atoms with E-state index in [0.29, 0.717) is 26.2 Å². The molecule has 7 heteroatoms. The molecule has 2 aliphatic heterocycles. The number of hydrogen-bond donors (Lipinski definition) is 1. The van der Waals surface area contributed by atoms with Crippen LogP contribution in [-0.2, 0) is 16.0 Å². The van der Waals surface area contributed by atoms with Crippen LogP contribution in [-0.4, -0.2) is 109 Å². The summed E-state index contributed by atoms with van der Waals surface area (Å²) in [6.07, 6.45) is 1.08. The number of carbonyl (C=O) groups excluding carboxylic acids is 2. The van der Waals surface area contributed by atoms with Crippen molar-refractivity contribution in [2.45, 2.75) is 32.7 Å². The highest BCUT2D eigenvalue weighted by Gasteiger charge is 2.26. The molecule has 0 unspecified atom stereocenters. The van der Waals surface area contributed by atoms with Crippen molar-refractivity contribution in [2.24, 2.45) is 0 Å². The van der Waals surface area contributed by atoms with Gasteiger partial charge in [0.1, 0.15) is 0 Å². The van der Waals surface area contributed by atoms with Gasteiger partial charge in [0.2, 0.25) is 11.8 Å². The summed E-state index contributed by atoms with van der Waals surface area (Å²) in [5.74, 6) is 0.272. The maximum atomic E-state index is 12.7. The number of amides is 2. The molecule has 31 heavy (non-hydrogen) atoms. The lowest BCUT2D eigenvalue weighted by molar-refractivity contribution is -0.134. The number of carbonyl (C=O) groups is 2. The summed E-state index contributed by atoms with van der Waals surface area (Å²) in [6.45, 7) is 14.9. The van der Waals surface area contributed by atoms with Crippen LogP contribution in [0.1, 0.15) is 26.3 Å². The van der Waals surface area contributed by atoms with Crippen LogP contribution in [0.4, 0.5) is 0 Å². The smallest absolute Gasteiger partial charge is 0.236 e. The molecule has 0 saturated carbocycles. The lowest BCUT2D eigenvalue weighted by atomic mass is 10.1. The lowest BCUT2D eigenvalue weighted by Crippen LogP contribution is -2.55. The minimum atomic E-state index is -0.208. The molecule has 3 rings (SSSR count). The fraction of sp³-hybridized carbons (Fsp3) is 0.667. The normalized spacial score (nSPS) is 19.4. The van der Waals surface area contributed by atoms with E-state index in [4.69, 9.17) is 0 Å². The van der Waals surface area contributed by atoms with Gasteiger partial charge in [-0.15, -0.1) is 0 Å². The number of piperazine rings is 2. The molecule has 2 saturated heterocycles. The largest absolute Gasteiger partial charge is 0.350 e. The molecule has 172 valence electrons. The first-order valence-corrected chi connectivity index (χ1v) is 11.6. The first-order valence-electron chi connectivity index (χ1n) is 11.6. The maximum absolute atomic E-state index is 12.7. The molecule has 7 nitrogen and oxygen atoms in total. The second-order valence-corrected chi connectivity index (χ2v) is 9.81. The molecule has 2 heterocycles. The van der Waals surface area contributed by atoms with Crippen molar-refractivity contribution in [3.05, 3.63) is 35.9 Å². The topological polar surface area (TPSA) is 59.1 Å². The van der Waals surface area contributed by atoms with Gasteiger partial charge in [-0.2, -0.15) is 0 Å². The third kappa shape index (κ3) is 8.24. The molecule has 0 radical (unpaired) electrons. The summed E-state index contributed by atoms with van der Waals surface area (Å²) in [5.41, 5.74) is 1.18. The van der Waals surface area contributed by atoms with Crippen molar-refractivity contribution in [1.82, 2.24) is 24.9 Å². The van der Waals surface area contributed by atoms with Crippen molar-refractivity contribution in [3.63, 3.8) is 0 Å². The minimum absolute atomic E-state index is 0.0532. The Morgan fingerprint density at radius 3 is 1.97 bits per heavy atom. The number of benzene rings is 1. The Hall–Kier alpha value is -1.96. The van der Waals surface area contributed by atoms with E-state index in [0.717, 1.165) is 52.2 Å². The highest BCUT2D eigenvalue weighted by atomic mass is 16.2. The molecular formula is C24H39N5O2. The zero-order chi connectivity index (χ0) is 22.3. The molecule has 2 aliphatic rings. The van der Waals surface area contributed by atoms with E-state index in [2.05, 4.69) is 50.3 Å². The van der Waals surface area contributed by atoms with Gasteiger partial charge in [-0.1, -0.05) is 30.3 Å². The molecule has 0 aromatic heterocycles. The first kappa shape index (κ1) is 23.7. The predicted octanol–water partition coefficient (Wildman–Crippen LogP) is 0.906. The van der Waals surface area contributed by atoms with E-state index in [1.165, 1.54) is 5.56 Å². The van der Waals surface area contributed by atoms with Gasteiger partial charge in [0.25, 0.3) is 0 Å². The summed E-state index contributed by atoms with van der Waals surface area (Å²) in [4.78, 5) is 33.7. The molecule has 1 aromatic carbocycles. The fourth-order valence-corrected chi connectivity index (χ4v) is 4.21. The minimum Gasteiger partial charge on any atom is -0.350 e. The number of nitrogens with one attached hydrogen (secondary N) is 1. The second-order valence-electron chi connectivity index (χ2n) is 9.81. The van der Waals surface area contributed by atoms with E-state index in [1.807, 2.05) is 25.7 Å². The SMILES string of the molecule is CC(C)(C)NC(=O)CN1CCN(C(=O)CN2CCN(CCc3ccccc3)CC2)CC1. The molecule has 0 bridgehead atoms. The highest BCUT2D eigenvalue weighted by molar-refractivity contribution is 5.79. The van der Waals surface area contributed by atoms with Gasteiger partial charge < -0.3 is 15.1 Å². The summed E-state index contributed by atoms with van der Waals surface area (Å²) < 4.78 is 0. The molecule has 2 amide bonds. The third-order valence-electron chi connectivity index (χ3n) is 5.99. The molecule has 0 atom stereocenters. The van der Waals surface area contributed by atoms with Crippen LogP contribution in [0.3, 0.4) is 0 Å². The lowest BCUT2D eigenvalue weighted by Gasteiger charge is -2.38. The Bertz CT molecular complexity index is 702. The zero-order valence-corrected chi connectivity index (χ0v) is 19.5. The molecule has 1 N–H and O–H groups in total. The van der Waals surface area contributed by atoms with Gasteiger partial charge in [-0.05, 0) is 32.8 Å². The average Bonchev–Trinajstić information content (AvgIpc) is 2.73. The van der Waals surface area contributed by atoms with Crippen LogP contribution >= 0.6 is 0 Å². The summed E-state index contributed by atoms with van der Waals surface area (Å²) in [5, 5.41) is 3.00. The summed E-state index contributed by atoms with van der Waals surface area (Å²) in [6, 6.07) is 10.6. The van der Waals surface area contributed by atoms with Crippen LogP contribution in [0, 0.1) is 0 Å². The van der Waals surface area contributed by atoms with Gasteiger partial charge in [0.05, 0.1) is 13.1 Å². The Labute approximate surface area is 187 Å². The van der Waals surface area contributed by atoms with Crippen LogP contribution in [0.2, 0.25) is 0 Å². The van der Waals surface area contributed by atoms with Crippen LogP contribution in [0.25, 0.3) is 0 Å². The molecule has 0 aliphatic carbocycles. The molecule has 0 spiro atoms. The van der Waals surface area contributed by atoms with Crippen LogP contribution in [0.5, 0.6) is 0 Å². The summed E-state index contributed by atoms with van der Waals surface area (Å²) >= 11 is 0. The van der Waals surface area contributed by atoms with Gasteiger partial charge in [0, 0.05) is 64.4 Å². The zero-order valence-electron chi connectivity index (χ0n) is 19.5. The molecule has 2 fully saturated rings. The quantitative estimate of drug-likeness (QED) is 0.698. The van der Waals surface area contributed by atoms with E-state index < -0.39 is 0 Å². The Morgan fingerprint density at radius 2 is 1.35 bits per heavy atom. The van der Waals surface area contributed by atoms with Gasteiger partial charge in [0.15, 0.2) is 0 Å². The van der Waals surface area contributed by atoms with Crippen molar-refractivity contribution in [2.75, 3.05) is 72.0 Å². The molecular weight excluding hydrogens is 390 g/mol. The van der Waals surface area contributed by atoms with Crippen molar-refractivity contribution >= 4 is 11.8 Å². The fourth-order valence-electron chi connectivity index (χ4n) is 4.21. The van der Waals surface area contributed by atoms with E-state index >= 15 is 0 Å². The number of nitrogens with zero attached hydrogens (tertiary/aromatic N) is 4. The highest BCUT2D eigenvalue weighted by Crippen LogP contribution is 2.08. The van der Waals surface area contributed by atoms with E-state index in [1.54, 1.807) is 0 Å². The van der Waals surface area contributed by atoms with E-state index in [9.17, 15) is 9.59 Å². The molecule has 1 aromatic rings. The van der Waals surface area contributed by atoms with Crippen molar-refractivity contribution < 1.29 is 9.59 Å². The van der Waals surface area contributed by atoms with Gasteiger partial charge in [-0.3, -0.25) is 19.4 Å². The van der Waals surface area contributed by atoms with Crippen molar-refractivity contribution in [1.29, 1.82) is 0 Å². The Morgan fingerprint density at radius 1 is 0.806 bits per heavy atom. The van der Waals surface area contributed by atoms with Crippen LogP contribution < -0.4 is 5.32 Å². The Balaban J connectivity index is 1.31. The third-order valence-corrected chi connectivity index (χ3v) is 5.99. The number of hydrogen-bond acceptors (Lipinski definition) is 5. The van der Waals surface area contributed by atoms with Gasteiger partial charge in [-0.25, -0.2) is 0 Å².